The summed E-state index contributed by atoms with van der Waals surface area (Å²) in [4.78, 5) is 25.6. The standard InChI is InChI=1S/C18H24BN3O5/c20-18(21)22-6-4-11(5-7-22)8-14(23)10-13-9-12-2-1-3-15(17(24)25)16(12)27-19(13)26/h1-3,11,13,26H,4-10H2,(H3,20,21)(H,24,25)/t13-/m1/s1. The molecule has 144 valence electrons. The molecule has 0 saturated carbocycles. The topological polar surface area (TPSA) is 137 Å². The van der Waals surface area contributed by atoms with Gasteiger partial charge in [-0.15, -0.1) is 0 Å². The smallest absolute Gasteiger partial charge is 0.526 e. The number of hydrogen-bond acceptors (Lipinski definition) is 5. The van der Waals surface area contributed by atoms with Crippen molar-refractivity contribution in [3.63, 3.8) is 0 Å². The zero-order valence-corrected chi connectivity index (χ0v) is 15.1. The highest BCUT2D eigenvalue weighted by Gasteiger charge is 2.38. The summed E-state index contributed by atoms with van der Waals surface area (Å²) in [6, 6.07) is 4.85. The third-order valence-corrected chi connectivity index (χ3v) is 5.41. The number of hydrogen-bond donors (Lipinski definition) is 4. The van der Waals surface area contributed by atoms with Gasteiger partial charge in [0.05, 0.1) is 5.56 Å². The Balaban J connectivity index is 1.57. The summed E-state index contributed by atoms with van der Waals surface area (Å²) in [5, 5.41) is 26.9. The number of nitrogens with two attached hydrogens (primary N) is 1. The van der Waals surface area contributed by atoms with Crippen LogP contribution >= 0.6 is 0 Å². The zero-order chi connectivity index (χ0) is 19.6. The predicted molar refractivity (Wildman–Crippen MR) is 99.9 cm³/mol. The summed E-state index contributed by atoms with van der Waals surface area (Å²) in [5.74, 6) is -0.890. The summed E-state index contributed by atoms with van der Waals surface area (Å²) >= 11 is 0. The van der Waals surface area contributed by atoms with Crippen molar-refractivity contribution in [3.05, 3.63) is 29.3 Å². The fourth-order valence-corrected chi connectivity index (χ4v) is 3.90. The molecule has 0 amide bonds. The highest BCUT2D eigenvalue weighted by molar-refractivity contribution is 6.47. The van der Waals surface area contributed by atoms with Gasteiger partial charge >= 0.3 is 13.1 Å². The van der Waals surface area contributed by atoms with E-state index in [-0.39, 0.29) is 41.2 Å². The Morgan fingerprint density at radius 2 is 2.00 bits per heavy atom. The molecule has 2 aliphatic rings. The lowest BCUT2D eigenvalue weighted by Gasteiger charge is -2.32. The van der Waals surface area contributed by atoms with Gasteiger partial charge in [-0.25, -0.2) is 4.79 Å². The molecule has 0 spiro atoms. The number of benzene rings is 1. The molecule has 27 heavy (non-hydrogen) atoms. The molecule has 1 saturated heterocycles. The molecule has 0 radical (unpaired) electrons. The number of nitrogens with zero attached hydrogens (tertiary/aromatic N) is 1. The molecule has 1 aromatic rings. The Morgan fingerprint density at radius 1 is 1.30 bits per heavy atom. The fraction of sp³-hybridized carbons (Fsp3) is 0.500. The Labute approximate surface area is 158 Å². The molecule has 9 heteroatoms. The van der Waals surface area contributed by atoms with Crippen molar-refractivity contribution in [2.24, 2.45) is 11.7 Å². The van der Waals surface area contributed by atoms with Gasteiger partial charge in [-0.05, 0) is 36.8 Å². The number of carbonyl (C=O) groups excluding carboxylic acids is 1. The van der Waals surface area contributed by atoms with Crippen LogP contribution in [0, 0.1) is 11.3 Å². The van der Waals surface area contributed by atoms with Crippen molar-refractivity contribution in [2.45, 2.75) is 37.9 Å². The zero-order valence-electron chi connectivity index (χ0n) is 15.1. The van der Waals surface area contributed by atoms with Gasteiger partial charge in [-0.3, -0.25) is 10.2 Å². The minimum atomic E-state index is -1.19. The van der Waals surface area contributed by atoms with Crippen LogP contribution in [0.25, 0.3) is 0 Å². The summed E-state index contributed by atoms with van der Waals surface area (Å²) in [7, 11) is -1.19. The Morgan fingerprint density at radius 3 is 2.63 bits per heavy atom. The summed E-state index contributed by atoms with van der Waals surface area (Å²) in [6.45, 7) is 1.38. The maximum atomic E-state index is 12.5. The van der Waals surface area contributed by atoms with E-state index >= 15 is 0 Å². The maximum absolute atomic E-state index is 12.5. The molecule has 0 aromatic heterocycles. The van der Waals surface area contributed by atoms with Gasteiger partial charge in [0.2, 0.25) is 0 Å². The molecule has 0 aliphatic carbocycles. The van der Waals surface area contributed by atoms with Gasteiger partial charge in [0.25, 0.3) is 0 Å². The number of carbonyl (C=O) groups is 2. The number of ketones is 1. The second kappa shape index (κ2) is 8.00. The molecular weight excluding hydrogens is 349 g/mol. The molecule has 3 rings (SSSR count). The van der Waals surface area contributed by atoms with Gasteiger partial charge in [0.1, 0.15) is 11.5 Å². The Hall–Kier alpha value is -2.55. The molecule has 5 N–H and O–H groups in total. The van der Waals surface area contributed by atoms with Crippen LogP contribution in [0.15, 0.2) is 18.2 Å². The van der Waals surface area contributed by atoms with Crippen LogP contribution in [0.3, 0.4) is 0 Å². The Kier molecular flexibility index (Phi) is 5.69. The average Bonchev–Trinajstić information content (AvgIpc) is 2.62. The van der Waals surface area contributed by atoms with Crippen LogP contribution in [-0.4, -0.2) is 53.0 Å². The largest absolute Gasteiger partial charge is 0.535 e. The van der Waals surface area contributed by atoms with E-state index in [1.807, 2.05) is 0 Å². The van der Waals surface area contributed by atoms with E-state index in [9.17, 15) is 19.7 Å². The monoisotopic (exact) mass is 373 g/mol. The van der Waals surface area contributed by atoms with Gasteiger partial charge in [-0.1, -0.05) is 12.1 Å². The predicted octanol–water partition coefficient (Wildman–Crippen LogP) is 1.13. The van der Waals surface area contributed by atoms with E-state index in [0.717, 1.165) is 12.8 Å². The third kappa shape index (κ3) is 4.41. The lowest BCUT2D eigenvalue weighted by Crippen LogP contribution is -2.42. The molecule has 0 bridgehead atoms. The first-order valence-electron chi connectivity index (χ1n) is 9.15. The number of nitrogens with one attached hydrogen (secondary N) is 1. The highest BCUT2D eigenvalue weighted by Crippen LogP contribution is 2.36. The van der Waals surface area contributed by atoms with E-state index in [0.29, 0.717) is 31.5 Å². The second-order valence-corrected chi connectivity index (χ2v) is 7.33. The summed E-state index contributed by atoms with van der Waals surface area (Å²) in [6.07, 6.45) is 2.69. The number of para-hydroxylation sites is 1. The number of carboxylic acids is 1. The average molecular weight is 373 g/mol. The van der Waals surface area contributed by atoms with Gasteiger partial charge < -0.3 is 25.4 Å². The van der Waals surface area contributed by atoms with Crippen LogP contribution in [0.1, 0.15) is 41.6 Å². The first-order valence-corrected chi connectivity index (χ1v) is 9.15. The fourth-order valence-electron chi connectivity index (χ4n) is 3.90. The summed E-state index contributed by atoms with van der Waals surface area (Å²) < 4.78 is 5.45. The van der Waals surface area contributed by atoms with E-state index in [1.54, 1.807) is 17.0 Å². The normalized spacial score (nSPS) is 20.0. The number of guanidine groups is 1. The van der Waals surface area contributed by atoms with Crippen LogP contribution in [-0.2, 0) is 11.2 Å². The van der Waals surface area contributed by atoms with Crippen molar-refractivity contribution in [3.8, 4) is 5.75 Å². The van der Waals surface area contributed by atoms with Crippen LogP contribution in [0.5, 0.6) is 5.75 Å². The lowest BCUT2D eigenvalue weighted by atomic mass is 9.64. The minimum Gasteiger partial charge on any atom is -0.535 e. The molecule has 2 heterocycles. The highest BCUT2D eigenvalue weighted by atomic mass is 16.5. The van der Waals surface area contributed by atoms with Crippen molar-refractivity contribution in [1.82, 2.24) is 4.90 Å². The Bertz CT molecular complexity index is 749. The van der Waals surface area contributed by atoms with Crippen LogP contribution < -0.4 is 10.4 Å². The number of fused-ring (bicyclic) bond motifs is 1. The molecule has 1 fully saturated rings. The van der Waals surface area contributed by atoms with E-state index in [1.165, 1.54) is 6.07 Å². The summed E-state index contributed by atoms with van der Waals surface area (Å²) in [5.41, 5.74) is 6.21. The maximum Gasteiger partial charge on any atom is 0.526 e. The van der Waals surface area contributed by atoms with Crippen molar-refractivity contribution in [1.29, 1.82) is 5.41 Å². The molecule has 1 aromatic carbocycles. The quantitative estimate of drug-likeness (QED) is 0.345. The minimum absolute atomic E-state index is 0.0218. The molecule has 2 aliphatic heterocycles. The van der Waals surface area contributed by atoms with Gasteiger partial charge in [0, 0.05) is 31.7 Å². The van der Waals surface area contributed by atoms with Crippen molar-refractivity contribution in [2.75, 3.05) is 13.1 Å². The first-order chi connectivity index (χ1) is 12.8. The molecule has 0 unspecified atom stereocenters. The van der Waals surface area contributed by atoms with Crippen molar-refractivity contribution >= 4 is 24.8 Å². The molecule has 1 atom stereocenters. The lowest BCUT2D eigenvalue weighted by molar-refractivity contribution is -0.120. The van der Waals surface area contributed by atoms with Gasteiger partial charge in [0.15, 0.2) is 5.96 Å². The van der Waals surface area contributed by atoms with Crippen LogP contribution in [0.2, 0.25) is 5.82 Å². The number of piperidine rings is 1. The van der Waals surface area contributed by atoms with E-state index in [2.05, 4.69) is 0 Å². The number of carboxylic acid groups (broad SMARTS) is 1. The SMILES string of the molecule is N=C(N)N1CCC(CC(=O)C[C@H]2Cc3cccc(C(=O)O)c3OB2O)CC1. The second-order valence-electron chi connectivity index (χ2n) is 7.33. The molecule has 8 nitrogen and oxygen atoms in total. The number of aromatic carboxylic acids is 1. The van der Waals surface area contributed by atoms with Gasteiger partial charge in [-0.2, -0.15) is 0 Å². The van der Waals surface area contributed by atoms with Crippen LogP contribution in [0.4, 0.5) is 0 Å². The third-order valence-electron chi connectivity index (χ3n) is 5.41. The number of rotatable bonds is 5. The van der Waals surface area contributed by atoms with E-state index in [4.69, 9.17) is 15.8 Å². The number of likely N-dealkylation sites (tertiary alicyclic amines) is 1. The first kappa shape index (κ1) is 19.2. The molecular formula is C18H24BN3O5. The van der Waals surface area contributed by atoms with E-state index < -0.39 is 13.1 Å². The number of Topliss-reactive ketones (excluding diaryl/α,β-unsaturated/α-hetero) is 1. The van der Waals surface area contributed by atoms with Crippen molar-refractivity contribution < 1.29 is 24.4 Å².